The van der Waals surface area contributed by atoms with Gasteiger partial charge in [-0.25, -0.2) is 0 Å². The average molecular weight is 271 g/mol. The molecule has 2 fully saturated rings. The van der Waals surface area contributed by atoms with Gasteiger partial charge in [-0.1, -0.05) is 0 Å². The highest BCUT2D eigenvalue weighted by molar-refractivity contribution is 5.75. The minimum atomic E-state index is -0.674. The van der Waals surface area contributed by atoms with E-state index >= 15 is 0 Å². The molecule has 0 saturated carbocycles. The van der Waals surface area contributed by atoms with Gasteiger partial charge < -0.3 is 19.5 Å². The molecular weight excluding hydrogens is 246 g/mol. The van der Waals surface area contributed by atoms with Gasteiger partial charge in [-0.2, -0.15) is 0 Å². The number of aliphatic hydroxyl groups is 1. The smallest absolute Gasteiger partial charge is 0.220 e. The number of ether oxygens (including phenoxy) is 2. The maximum absolute atomic E-state index is 12.0. The van der Waals surface area contributed by atoms with Crippen molar-refractivity contribution in [3.63, 3.8) is 0 Å². The number of nitrogens with zero attached hydrogens (tertiary/aromatic N) is 1. The molecule has 2 heterocycles. The molecule has 2 aliphatic rings. The summed E-state index contributed by atoms with van der Waals surface area (Å²) in [6, 6.07) is 0. The molecule has 1 amide bonds. The third-order valence-electron chi connectivity index (χ3n) is 4.05. The van der Waals surface area contributed by atoms with E-state index in [0.29, 0.717) is 19.4 Å². The van der Waals surface area contributed by atoms with E-state index in [1.54, 1.807) is 6.92 Å². The summed E-state index contributed by atoms with van der Waals surface area (Å²) in [5.74, 6) is -0.603. The van der Waals surface area contributed by atoms with Gasteiger partial charge in [0.25, 0.3) is 0 Å². The summed E-state index contributed by atoms with van der Waals surface area (Å²) >= 11 is 0. The number of likely N-dealkylation sites (tertiary alicyclic amines) is 1. The van der Waals surface area contributed by atoms with E-state index in [2.05, 4.69) is 0 Å². The van der Waals surface area contributed by atoms with E-state index in [4.69, 9.17) is 9.47 Å². The first kappa shape index (κ1) is 14.8. The number of hydrogen-bond acceptors (Lipinski definition) is 4. The SMILES string of the molecule is CC(=O)N1C(C)(C)CC2(CC1(C)C)OCC(CO)O2. The number of piperidine rings is 1. The molecule has 1 atom stereocenters. The molecule has 5 nitrogen and oxygen atoms in total. The van der Waals surface area contributed by atoms with Crippen LogP contribution in [0.3, 0.4) is 0 Å². The van der Waals surface area contributed by atoms with Crippen LogP contribution in [0.15, 0.2) is 0 Å². The van der Waals surface area contributed by atoms with Gasteiger partial charge in [-0.15, -0.1) is 0 Å². The minimum absolute atomic E-state index is 0.0287. The van der Waals surface area contributed by atoms with Gasteiger partial charge in [0, 0.05) is 30.8 Å². The van der Waals surface area contributed by atoms with E-state index in [1.165, 1.54) is 0 Å². The maximum atomic E-state index is 12.0. The molecule has 19 heavy (non-hydrogen) atoms. The number of aliphatic hydroxyl groups excluding tert-OH is 1. The Hall–Kier alpha value is -0.650. The summed E-state index contributed by atoms with van der Waals surface area (Å²) in [6.45, 7) is 10.1. The molecule has 1 N–H and O–H groups in total. The molecule has 5 heteroatoms. The molecule has 0 aliphatic carbocycles. The van der Waals surface area contributed by atoms with Crippen molar-refractivity contribution >= 4 is 5.91 Å². The first-order valence-corrected chi connectivity index (χ1v) is 6.85. The molecule has 110 valence electrons. The zero-order valence-corrected chi connectivity index (χ0v) is 12.5. The molecule has 2 aliphatic heterocycles. The van der Waals surface area contributed by atoms with E-state index in [1.807, 2.05) is 32.6 Å². The molecule has 1 unspecified atom stereocenters. The second kappa shape index (κ2) is 4.43. The van der Waals surface area contributed by atoms with Crippen LogP contribution in [-0.2, 0) is 14.3 Å². The van der Waals surface area contributed by atoms with E-state index in [-0.39, 0.29) is 29.7 Å². The van der Waals surface area contributed by atoms with Crippen LogP contribution in [0, 0.1) is 0 Å². The standard InChI is InChI=1S/C14H25NO4/c1-10(17)15-12(2,3)8-14(9-13(15,4)5)18-7-11(6-16)19-14/h11,16H,6-9H2,1-5H3. The predicted octanol–water partition coefficient (Wildman–Crippen LogP) is 1.29. The lowest BCUT2D eigenvalue weighted by Crippen LogP contribution is -2.67. The summed E-state index contributed by atoms with van der Waals surface area (Å²) in [5, 5.41) is 9.21. The first-order chi connectivity index (χ1) is 8.62. The highest BCUT2D eigenvalue weighted by Crippen LogP contribution is 2.48. The van der Waals surface area contributed by atoms with Crippen LogP contribution in [0.5, 0.6) is 0 Å². The minimum Gasteiger partial charge on any atom is -0.394 e. The quantitative estimate of drug-likeness (QED) is 0.780. The third kappa shape index (κ3) is 2.51. The van der Waals surface area contributed by atoms with Gasteiger partial charge in [0.2, 0.25) is 5.91 Å². The van der Waals surface area contributed by atoms with E-state index in [0.717, 1.165) is 0 Å². The summed E-state index contributed by atoms with van der Waals surface area (Å²) in [7, 11) is 0. The van der Waals surface area contributed by atoms with Crippen molar-refractivity contribution in [3.8, 4) is 0 Å². The van der Waals surface area contributed by atoms with Crippen molar-refractivity contribution in [3.05, 3.63) is 0 Å². The largest absolute Gasteiger partial charge is 0.394 e. The second-order valence-corrected chi connectivity index (χ2v) is 6.98. The lowest BCUT2D eigenvalue weighted by atomic mass is 9.76. The molecule has 0 aromatic carbocycles. The monoisotopic (exact) mass is 271 g/mol. The molecule has 1 spiro atoms. The van der Waals surface area contributed by atoms with Gasteiger partial charge in [0.1, 0.15) is 6.10 Å². The molecule has 2 rings (SSSR count). The van der Waals surface area contributed by atoms with Crippen LogP contribution in [0.25, 0.3) is 0 Å². The Balaban J connectivity index is 2.29. The number of amides is 1. The van der Waals surface area contributed by atoms with E-state index < -0.39 is 5.79 Å². The molecule has 0 bridgehead atoms. The fourth-order valence-electron chi connectivity index (χ4n) is 4.10. The average Bonchev–Trinajstić information content (AvgIpc) is 2.55. The molecule has 2 saturated heterocycles. The van der Waals surface area contributed by atoms with E-state index in [9.17, 15) is 9.90 Å². The van der Waals surface area contributed by atoms with Gasteiger partial charge in [-0.3, -0.25) is 4.79 Å². The Kier molecular flexibility index (Phi) is 3.44. The lowest BCUT2D eigenvalue weighted by molar-refractivity contribution is -0.244. The molecule has 0 aromatic rings. The van der Waals surface area contributed by atoms with Crippen molar-refractivity contribution in [1.82, 2.24) is 4.90 Å². The van der Waals surface area contributed by atoms with Crippen molar-refractivity contribution in [1.29, 1.82) is 0 Å². The Morgan fingerprint density at radius 2 is 1.79 bits per heavy atom. The summed E-state index contributed by atoms with van der Waals surface area (Å²) in [5.41, 5.74) is -0.671. The Bertz CT molecular complexity index is 360. The van der Waals surface area contributed by atoms with Crippen LogP contribution in [0.2, 0.25) is 0 Å². The van der Waals surface area contributed by atoms with Gasteiger partial charge >= 0.3 is 0 Å². The van der Waals surface area contributed by atoms with Gasteiger partial charge in [0.15, 0.2) is 5.79 Å². The van der Waals surface area contributed by atoms with Crippen molar-refractivity contribution in [2.75, 3.05) is 13.2 Å². The highest BCUT2D eigenvalue weighted by atomic mass is 16.7. The van der Waals surface area contributed by atoms with Crippen LogP contribution >= 0.6 is 0 Å². The number of carbonyl (C=O) groups excluding carboxylic acids is 1. The Morgan fingerprint density at radius 1 is 1.26 bits per heavy atom. The van der Waals surface area contributed by atoms with Crippen LogP contribution in [0.1, 0.15) is 47.5 Å². The Morgan fingerprint density at radius 3 is 2.16 bits per heavy atom. The van der Waals surface area contributed by atoms with Crippen LogP contribution < -0.4 is 0 Å². The number of hydrogen-bond donors (Lipinski definition) is 1. The van der Waals surface area contributed by atoms with Crippen molar-refractivity contribution in [2.45, 2.75) is 70.4 Å². The molecular formula is C14H25NO4. The number of rotatable bonds is 1. The van der Waals surface area contributed by atoms with Crippen molar-refractivity contribution in [2.24, 2.45) is 0 Å². The van der Waals surface area contributed by atoms with Crippen LogP contribution in [-0.4, -0.2) is 52.1 Å². The zero-order chi connectivity index (χ0) is 14.5. The van der Waals surface area contributed by atoms with Crippen LogP contribution in [0.4, 0.5) is 0 Å². The number of carbonyl (C=O) groups is 1. The lowest BCUT2D eigenvalue weighted by Gasteiger charge is -2.57. The fraction of sp³-hybridized carbons (Fsp3) is 0.929. The summed E-state index contributed by atoms with van der Waals surface area (Å²) in [6.07, 6.45) is 0.995. The predicted molar refractivity (Wildman–Crippen MR) is 70.6 cm³/mol. The highest BCUT2D eigenvalue weighted by Gasteiger charge is 2.57. The fourth-order valence-corrected chi connectivity index (χ4v) is 4.10. The zero-order valence-electron chi connectivity index (χ0n) is 12.5. The topological polar surface area (TPSA) is 59.0 Å². The molecule has 0 radical (unpaired) electrons. The maximum Gasteiger partial charge on any atom is 0.220 e. The second-order valence-electron chi connectivity index (χ2n) is 6.98. The first-order valence-electron chi connectivity index (χ1n) is 6.85. The summed E-state index contributed by atoms with van der Waals surface area (Å²) < 4.78 is 11.8. The summed E-state index contributed by atoms with van der Waals surface area (Å²) in [4.78, 5) is 13.9. The van der Waals surface area contributed by atoms with Gasteiger partial charge in [-0.05, 0) is 27.7 Å². The third-order valence-corrected chi connectivity index (χ3v) is 4.05. The molecule has 0 aromatic heterocycles. The Labute approximate surface area is 114 Å². The normalized spacial score (nSPS) is 31.7. The van der Waals surface area contributed by atoms with Gasteiger partial charge in [0.05, 0.1) is 13.2 Å². The van der Waals surface area contributed by atoms with Crippen molar-refractivity contribution < 1.29 is 19.4 Å².